The second-order valence-electron chi connectivity index (χ2n) is 13.2. The van der Waals surface area contributed by atoms with Crippen molar-refractivity contribution in [3.05, 3.63) is 76.0 Å². The number of non-ortho nitro benzene ring substituents is 1. The lowest BCUT2D eigenvalue weighted by atomic mass is 9.99. The highest BCUT2D eigenvalue weighted by Gasteiger charge is 2.37. The fourth-order valence-electron chi connectivity index (χ4n) is 6.82. The Bertz CT molecular complexity index is 1630. The molecule has 0 unspecified atom stereocenters. The molecule has 1 aliphatic carbocycles. The van der Waals surface area contributed by atoms with E-state index in [9.17, 15) is 34.4 Å². The highest BCUT2D eigenvalue weighted by atomic mass is 16.6. The summed E-state index contributed by atoms with van der Waals surface area (Å²) in [7, 11) is 0. The number of nitrogens with zero attached hydrogens (tertiary/aromatic N) is 2. The summed E-state index contributed by atoms with van der Waals surface area (Å²) in [6.07, 6.45) is 5.25. The van der Waals surface area contributed by atoms with E-state index >= 15 is 0 Å². The van der Waals surface area contributed by atoms with Crippen LogP contribution in [-0.2, 0) is 27.2 Å². The molecule has 3 aromatic rings. The molecule has 1 aliphatic heterocycles. The second-order valence-corrected chi connectivity index (χ2v) is 13.2. The van der Waals surface area contributed by atoms with Gasteiger partial charge in [0.05, 0.1) is 4.92 Å². The average molecular weight is 647 g/mol. The summed E-state index contributed by atoms with van der Waals surface area (Å²) in [4.78, 5) is 68.9. The number of carboxylic acid groups (broad SMARTS) is 1. The van der Waals surface area contributed by atoms with Gasteiger partial charge in [0, 0.05) is 55.2 Å². The molecule has 2 aromatic carbocycles. The van der Waals surface area contributed by atoms with Crippen molar-refractivity contribution in [2.75, 3.05) is 13.1 Å². The Morgan fingerprint density at radius 2 is 1.62 bits per heavy atom. The topological polar surface area (TPSA) is 187 Å². The van der Waals surface area contributed by atoms with Crippen LogP contribution in [0.2, 0.25) is 0 Å². The number of hydrogen-bond acceptors (Lipinski definition) is 6. The summed E-state index contributed by atoms with van der Waals surface area (Å²) in [6, 6.07) is 9.22. The summed E-state index contributed by atoms with van der Waals surface area (Å²) < 4.78 is 0. The average Bonchev–Trinajstić information content (AvgIpc) is 3.60. The quantitative estimate of drug-likeness (QED) is 0.138. The molecule has 1 saturated heterocycles. The van der Waals surface area contributed by atoms with E-state index in [4.69, 9.17) is 0 Å². The molecule has 2 aliphatic rings. The zero-order chi connectivity index (χ0) is 33.7. The predicted octanol–water partition coefficient (Wildman–Crippen LogP) is 3.77. The van der Waals surface area contributed by atoms with Gasteiger partial charge in [-0.2, -0.15) is 0 Å². The smallest absolute Gasteiger partial charge is 0.326 e. The first-order valence-electron chi connectivity index (χ1n) is 16.1. The summed E-state index contributed by atoms with van der Waals surface area (Å²) in [5.74, 6) is -1.60. The SMILES string of the molecule is CC(C)C[C@H](NC(=O)N1C[C@@H]2CC[C@@H](C2)C1)C(=O)N[C@H](Cc1c[nH]c2ccccc12)C(=O)N[C@H](Cc1cccc([N+](=O)[O-])c1)C(=O)O. The molecule has 13 heteroatoms. The highest BCUT2D eigenvalue weighted by Crippen LogP contribution is 2.36. The molecule has 250 valence electrons. The Kier molecular flexibility index (Phi) is 10.4. The number of nitro benzene ring substituents is 1. The van der Waals surface area contributed by atoms with Crippen molar-refractivity contribution < 1.29 is 29.2 Å². The van der Waals surface area contributed by atoms with Crippen LogP contribution in [0.15, 0.2) is 54.7 Å². The minimum atomic E-state index is -1.42. The lowest BCUT2D eigenvalue weighted by Crippen LogP contribution is -2.58. The van der Waals surface area contributed by atoms with Gasteiger partial charge in [0.1, 0.15) is 18.1 Å². The summed E-state index contributed by atoms with van der Waals surface area (Å²) >= 11 is 0. The van der Waals surface area contributed by atoms with Crippen molar-refractivity contribution in [1.82, 2.24) is 25.8 Å². The lowest BCUT2D eigenvalue weighted by molar-refractivity contribution is -0.384. The van der Waals surface area contributed by atoms with Crippen LogP contribution in [0.1, 0.15) is 50.7 Å². The van der Waals surface area contributed by atoms with Gasteiger partial charge in [-0.1, -0.05) is 44.2 Å². The van der Waals surface area contributed by atoms with Gasteiger partial charge in [0.25, 0.3) is 5.69 Å². The zero-order valence-electron chi connectivity index (χ0n) is 26.6. The van der Waals surface area contributed by atoms with Crippen LogP contribution in [-0.4, -0.2) is 74.9 Å². The number of aliphatic carboxylic acids is 1. The van der Waals surface area contributed by atoms with Gasteiger partial charge in [0.2, 0.25) is 11.8 Å². The number of rotatable bonds is 13. The van der Waals surface area contributed by atoms with Crippen molar-refractivity contribution in [3.8, 4) is 0 Å². The van der Waals surface area contributed by atoms with Crippen LogP contribution in [0.4, 0.5) is 10.5 Å². The normalized spacial score (nSPS) is 19.2. The summed E-state index contributed by atoms with van der Waals surface area (Å²) in [5.41, 5.74) is 1.73. The molecule has 2 fully saturated rings. The maximum absolute atomic E-state index is 13.8. The number of nitro groups is 1. The number of nitrogens with one attached hydrogen (secondary N) is 4. The van der Waals surface area contributed by atoms with Crippen molar-refractivity contribution >= 4 is 40.4 Å². The van der Waals surface area contributed by atoms with Crippen LogP contribution < -0.4 is 16.0 Å². The number of likely N-dealkylation sites (tertiary alicyclic amines) is 1. The van der Waals surface area contributed by atoms with Gasteiger partial charge < -0.3 is 30.9 Å². The molecule has 4 amide bonds. The van der Waals surface area contributed by atoms with Gasteiger partial charge in [-0.3, -0.25) is 19.7 Å². The Balaban J connectivity index is 1.35. The molecule has 5 N–H and O–H groups in total. The number of aromatic amines is 1. The standard InChI is InChI=1S/C34H42N6O7/c1-20(2)12-28(38-34(45)39-18-22-10-11-23(13-22)19-39)31(41)36-29(16-24-17-35-27-9-4-3-8-26(24)27)32(42)37-30(33(43)44)15-21-6-5-7-25(14-21)40(46)47/h3-9,14,17,20,22-23,28-30,35H,10-13,15-16,18-19H2,1-2H3,(H,36,41)(H,37,42)(H,38,45)(H,43,44)/t22-,23+,28-,29+,30+/m0/s1. The molecule has 5 atom stereocenters. The largest absolute Gasteiger partial charge is 0.480 e. The molecule has 0 radical (unpaired) electrons. The summed E-state index contributed by atoms with van der Waals surface area (Å²) in [6.45, 7) is 5.19. The molecule has 13 nitrogen and oxygen atoms in total. The van der Waals surface area contributed by atoms with E-state index in [0.29, 0.717) is 36.9 Å². The Hall–Kier alpha value is -4.94. The van der Waals surface area contributed by atoms with E-state index in [1.807, 2.05) is 38.1 Å². The number of para-hydroxylation sites is 1. The van der Waals surface area contributed by atoms with Gasteiger partial charge in [0.15, 0.2) is 0 Å². The van der Waals surface area contributed by atoms with Gasteiger partial charge in [-0.15, -0.1) is 0 Å². The number of H-pyrrole nitrogens is 1. The van der Waals surface area contributed by atoms with Crippen LogP contribution >= 0.6 is 0 Å². The number of amides is 4. The minimum absolute atomic E-state index is 0.0442. The zero-order valence-corrected chi connectivity index (χ0v) is 26.6. The molecule has 2 heterocycles. The first kappa shape index (κ1) is 33.4. The van der Waals surface area contributed by atoms with Gasteiger partial charge in [-0.25, -0.2) is 9.59 Å². The number of piperidine rings is 1. The molecule has 1 saturated carbocycles. The minimum Gasteiger partial charge on any atom is -0.480 e. The van der Waals surface area contributed by atoms with Crippen molar-refractivity contribution in [2.24, 2.45) is 17.8 Å². The Morgan fingerprint density at radius 1 is 0.936 bits per heavy atom. The number of fused-ring (bicyclic) bond motifs is 3. The van der Waals surface area contributed by atoms with Crippen LogP contribution in [0.3, 0.4) is 0 Å². The predicted molar refractivity (Wildman–Crippen MR) is 174 cm³/mol. The second kappa shape index (κ2) is 14.7. The Morgan fingerprint density at radius 3 is 2.30 bits per heavy atom. The molecular weight excluding hydrogens is 604 g/mol. The van der Waals surface area contributed by atoms with Crippen LogP contribution in [0.5, 0.6) is 0 Å². The van der Waals surface area contributed by atoms with Crippen LogP contribution in [0.25, 0.3) is 10.9 Å². The number of hydrogen-bond donors (Lipinski definition) is 5. The number of carbonyl (C=O) groups is 4. The number of benzene rings is 2. The number of urea groups is 1. The number of aromatic nitrogens is 1. The Labute approximate surface area is 272 Å². The lowest BCUT2D eigenvalue weighted by Gasteiger charge is -2.33. The van der Waals surface area contributed by atoms with E-state index in [1.54, 1.807) is 17.2 Å². The first-order valence-corrected chi connectivity index (χ1v) is 16.1. The van der Waals surface area contributed by atoms with Gasteiger partial charge >= 0.3 is 12.0 Å². The highest BCUT2D eigenvalue weighted by molar-refractivity contribution is 5.94. The third-order valence-corrected chi connectivity index (χ3v) is 9.12. The third-order valence-electron chi connectivity index (χ3n) is 9.12. The molecular formula is C34H42N6O7. The molecule has 47 heavy (non-hydrogen) atoms. The fraction of sp³-hybridized carbons (Fsp3) is 0.471. The van der Waals surface area contributed by atoms with Crippen molar-refractivity contribution in [3.63, 3.8) is 0 Å². The molecule has 0 spiro atoms. The summed E-state index contributed by atoms with van der Waals surface area (Å²) in [5, 5.41) is 30.3. The van der Waals surface area contributed by atoms with E-state index in [-0.39, 0.29) is 30.5 Å². The van der Waals surface area contributed by atoms with Crippen molar-refractivity contribution in [2.45, 2.75) is 70.5 Å². The van der Waals surface area contributed by atoms with E-state index in [2.05, 4.69) is 20.9 Å². The maximum Gasteiger partial charge on any atom is 0.326 e. The van der Waals surface area contributed by atoms with Crippen LogP contribution in [0, 0.1) is 27.9 Å². The third kappa shape index (κ3) is 8.46. The van der Waals surface area contributed by atoms with Crippen molar-refractivity contribution in [1.29, 1.82) is 0 Å². The monoisotopic (exact) mass is 646 g/mol. The molecule has 2 bridgehead atoms. The fourth-order valence-corrected chi connectivity index (χ4v) is 6.82. The number of carboxylic acids is 1. The van der Waals surface area contributed by atoms with E-state index in [0.717, 1.165) is 35.7 Å². The molecule has 1 aromatic heterocycles. The van der Waals surface area contributed by atoms with Gasteiger partial charge in [-0.05, 0) is 60.6 Å². The first-order chi connectivity index (χ1) is 22.5. The van der Waals surface area contributed by atoms with E-state index in [1.165, 1.54) is 18.2 Å². The number of carbonyl (C=O) groups excluding carboxylic acids is 3. The molecule has 5 rings (SSSR count). The maximum atomic E-state index is 13.8. The van der Waals surface area contributed by atoms with E-state index < -0.39 is 40.8 Å².